The van der Waals surface area contributed by atoms with Gasteiger partial charge in [0.1, 0.15) is 0 Å². The van der Waals surface area contributed by atoms with E-state index in [4.69, 9.17) is 20.4 Å². The zero-order valence-electron chi connectivity index (χ0n) is 13.7. The highest BCUT2D eigenvalue weighted by Gasteiger charge is 2.45. The zero-order valence-corrected chi connectivity index (χ0v) is 13.7. The summed E-state index contributed by atoms with van der Waals surface area (Å²) in [7, 11) is 0. The van der Waals surface area contributed by atoms with Gasteiger partial charge in [-0.25, -0.2) is 0 Å². The minimum atomic E-state index is -1.26. The zero-order chi connectivity index (χ0) is 18.3. The topological polar surface area (TPSA) is 187 Å². The predicted molar refractivity (Wildman–Crippen MR) is 83.1 cm³/mol. The molecule has 1 saturated carbocycles. The number of hydrogen-bond acceptors (Lipinski definition) is 6. The molecule has 0 amide bonds. The highest BCUT2D eigenvalue weighted by Crippen LogP contribution is 2.36. The van der Waals surface area contributed by atoms with Crippen molar-refractivity contribution in [1.29, 1.82) is 0 Å². The number of rotatable bonds is 10. The van der Waals surface area contributed by atoms with Crippen molar-refractivity contribution in [3.8, 4) is 0 Å². The summed E-state index contributed by atoms with van der Waals surface area (Å²) in [6, 6.07) is 0. The second-order valence-electron chi connectivity index (χ2n) is 5.83. The Kier molecular flexibility index (Phi) is 9.02. The number of carboxylic acid groups (broad SMARTS) is 4. The maximum absolute atomic E-state index is 11.2. The Morgan fingerprint density at radius 2 is 0.920 bits per heavy atom. The summed E-state index contributed by atoms with van der Waals surface area (Å²) in [5.74, 6) is -5.03. The average Bonchev–Trinajstić information content (AvgIpc) is 2.44. The lowest BCUT2D eigenvalue weighted by Crippen LogP contribution is -2.65. The van der Waals surface area contributed by atoms with Gasteiger partial charge < -0.3 is 25.9 Å². The summed E-state index contributed by atoms with van der Waals surface area (Å²) in [6.07, 6.45) is 2.73. The monoisotopic (exact) mass is 364 g/mol. The van der Waals surface area contributed by atoms with Crippen LogP contribution in [-0.2, 0) is 19.2 Å². The van der Waals surface area contributed by atoms with Gasteiger partial charge in [0.05, 0.1) is 31.8 Å². The van der Waals surface area contributed by atoms with Crippen molar-refractivity contribution in [2.45, 2.75) is 37.8 Å². The first-order valence-corrected chi connectivity index (χ1v) is 7.54. The molecule has 11 heteroatoms. The summed E-state index contributed by atoms with van der Waals surface area (Å²) in [6.45, 7) is -2.44. The third kappa shape index (κ3) is 6.64. The van der Waals surface area contributed by atoms with Gasteiger partial charge in [-0.15, -0.1) is 0 Å². The fourth-order valence-electron chi connectivity index (χ4n) is 3.30. The van der Waals surface area contributed by atoms with Crippen LogP contribution >= 0.6 is 0 Å². The van der Waals surface area contributed by atoms with Crippen molar-refractivity contribution < 1.29 is 45.1 Å². The van der Waals surface area contributed by atoms with Crippen LogP contribution in [0.25, 0.3) is 0 Å². The van der Waals surface area contributed by atoms with Crippen LogP contribution < -0.4 is 0 Å². The molecular formula is C14H24N2O9. The van der Waals surface area contributed by atoms with Crippen LogP contribution in [0, 0.1) is 0 Å². The molecule has 0 unspecified atom stereocenters. The van der Waals surface area contributed by atoms with Crippen LogP contribution in [-0.4, -0.2) is 91.4 Å². The maximum Gasteiger partial charge on any atom is 0.317 e. The van der Waals surface area contributed by atoms with Gasteiger partial charge in [0.2, 0.25) is 0 Å². The SMILES string of the molecule is O.O=C(O)CN(CC(=O)O)C1(N(CC(=O)O)CC(=O)O)CCCCC1. The predicted octanol–water partition coefficient (Wildman–Crippen LogP) is -1.24. The summed E-state index contributed by atoms with van der Waals surface area (Å²) in [5, 5.41) is 36.4. The van der Waals surface area contributed by atoms with Crippen LogP contribution in [0.2, 0.25) is 0 Å². The van der Waals surface area contributed by atoms with Crippen LogP contribution in [0.3, 0.4) is 0 Å². The Hall–Kier alpha value is -2.24. The fourth-order valence-corrected chi connectivity index (χ4v) is 3.30. The molecule has 0 atom stereocenters. The molecule has 144 valence electrons. The molecule has 1 aliphatic rings. The molecule has 1 rings (SSSR count). The molecule has 6 N–H and O–H groups in total. The lowest BCUT2D eigenvalue weighted by Gasteiger charge is -2.51. The lowest BCUT2D eigenvalue weighted by atomic mass is 9.85. The standard InChI is InChI=1S/C14H22N2O8.H2O/c17-10(18)6-15(7-11(19)20)14(4-2-1-3-5-14)16(8-12(21)22)9-13(23)24;/h1-9H2,(H,17,18)(H,19,20)(H,21,22)(H,23,24);1H2. The Bertz CT molecular complexity index is 433. The first kappa shape index (κ1) is 22.8. The van der Waals surface area contributed by atoms with Crippen molar-refractivity contribution in [1.82, 2.24) is 9.80 Å². The summed E-state index contributed by atoms with van der Waals surface area (Å²) in [4.78, 5) is 47.0. The van der Waals surface area contributed by atoms with E-state index >= 15 is 0 Å². The van der Waals surface area contributed by atoms with Gasteiger partial charge in [-0.2, -0.15) is 0 Å². The van der Waals surface area contributed by atoms with Crippen molar-refractivity contribution in [3.05, 3.63) is 0 Å². The third-order valence-electron chi connectivity index (χ3n) is 4.14. The van der Waals surface area contributed by atoms with Crippen molar-refractivity contribution >= 4 is 23.9 Å². The Morgan fingerprint density at radius 3 is 1.16 bits per heavy atom. The molecule has 0 bridgehead atoms. The fraction of sp³-hybridized carbons (Fsp3) is 0.714. The number of nitrogens with zero attached hydrogens (tertiary/aromatic N) is 2. The first-order valence-electron chi connectivity index (χ1n) is 7.54. The molecule has 1 fully saturated rings. The minimum Gasteiger partial charge on any atom is -0.480 e. The molecule has 0 aromatic heterocycles. The summed E-state index contributed by atoms with van der Waals surface area (Å²) >= 11 is 0. The molecule has 25 heavy (non-hydrogen) atoms. The van der Waals surface area contributed by atoms with E-state index in [2.05, 4.69) is 0 Å². The van der Waals surface area contributed by atoms with Crippen molar-refractivity contribution in [2.75, 3.05) is 26.2 Å². The van der Waals surface area contributed by atoms with E-state index in [0.29, 0.717) is 25.7 Å². The molecular weight excluding hydrogens is 340 g/mol. The lowest BCUT2D eigenvalue weighted by molar-refractivity contribution is -0.162. The van der Waals surface area contributed by atoms with E-state index in [-0.39, 0.29) is 5.48 Å². The number of aliphatic carboxylic acids is 4. The second-order valence-corrected chi connectivity index (χ2v) is 5.83. The van der Waals surface area contributed by atoms with E-state index in [0.717, 1.165) is 6.42 Å². The van der Waals surface area contributed by atoms with Crippen molar-refractivity contribution in [3.63, 3.8) is 0 Å². The molecule has 0 radical (unpaired) electrons. The smallest absolute Gasteiger partial charge is 0.317 e. The molecule has 1 aliphatic carbocycles. The van der Waals surface area contributed by atoms with E-state index in [9.17, 15) is 19.2 Å². The molecule has 0 saturated heterocycles. The van der Waals surface area contributed by atoms with Gasteiger partial charge in [0.15, 0.2) is 0 Å². The van der Waals surface area contributed by atoms with Crippen LogP contribution in [0.15, 0.2) is 0 Å². The van der Waals surface area contributed by atoms with Gasteiger partial charge in [-0.05, 0) is 12.8 Å². The first-order chi connectivity index (χ1) is 11.2. The van der Waals surface area contributed by atoms with Crippen LogP contribution in [0.1, 0.15) is 32.1 Å². The average molecular weight is 364 g/mol. The van der Waals surface area contributed by atoms with Gasteiger partial charge >= 0.3 is 23.9 Å². The van der Waals surface area contributed by atoms with Gasteiger partial charge in [-0.1, -0.05) is 19.3 Å². The molecule has 0 heterocycles. The van der Waals surface area contributed by atoms with Crippen LogP contribution in [0.5, 0.6) is 0 Å². The second kappa shape index (κ2) is 9.91. The van der Waals surface area contributed by atoms with E-state index in [1.165, 1.54) is 9.80 Å². The molecule has 0 spiro atoms. The normalized spacial score (nSPS) is 16.2. The minimum absolute atomic E-state index is 0. The van der Waals surface area contributed by atoms with Crippen LogP contribution in [0.4, 0.5) is 0 Å². The highest BCUT2D eigenvalue weighted by molar-refractivity contribution is 5.74. The summed E-state index contributed by atoms with van der Waals surface area (Å²) < 4.78 is 0. The van der Waals surface area contributed by atoms with E-state index in [1.54, 1.807) is 0 Å². The Morgan fingerprint density at radius 1 is 0.640 bits per heavy atom. The van der Waals surface area contributed by atoms with E-state index in [1.807, 2.05) is 0 Å². The van der Waals surface area contributed by atoms with E-state index < -0.39 is 55.7 Å². The van der Waals surface area contributed by atoms with Gasteiger partial charge in [0, 0.05) is 0 Å². The molecule has 11 nitrogen and oxygen atoms in total. The quantitative estimate of drug-likeness (QED) is 0.341. The Labute approximate surface area is 143 Å². The third-order valence-corrected chi connectivity index (χ3v) is 4.14. The Balaban J connectivity index is 0.00000576. The maximum atomic E-state index is 11.2. The molecule has 0 aliphatic heterocycles. The highest BCUT2D eigenvalue weighted by atomic mass is 16.4. The molecule has 0 aromatic carbocycles. The number of carboxylic acids is 4. The molecule has 0 aromatic rings. The van der Waals surface area contributed by atoms with Crippen molar-refractivity contribution in [2.24, 2.45) is 0 Å². The summed E-state index contributed by atoms with van der Waals surface area (Å²) in [5.41, 5.74) is -1.22. The van der Waals surface area contributed by atoms with Gasteiger partial charge in [-0.3, -0.25) is 29.0 Å². The van der Waals surface area contributed by atoms with Gasteiger partial charge in [0.25, 0.3) is 0 Å². The largest absolute Gasteiger partial charge is 0.480 e. The number of carbonyl (C=O) groups is 4. The number of hydrogen-bond donors (Lipinski definition) is 4.